The molecule has 162 valence electrons. The number of methoxy groups -OCH3 is 1. The first-order valence-corrected chi connectivity index (χ1v) is 8.72. The first kappa shape index (κ1) is 22.9. The molecular formula is C19H20F3N3O5. The number of carbonyl (C=O) groups excluding carboxylic acids is 1. The lowest BCUT2D eigenvalue weighted by Crippen LogP contribution is -2.26. The maximum absolute atomic E-state index is 12.6. The predicted molar refractivity (Wildman–Crippen MR) is 102 cm³/mol. The van der Waals surface area contributed by atoms with Gasteiger partial charge in [0.05, 0.1) is 11.5 Å². The lowest BCUT2D eigenvalue weighted by atomic mass is 10.1. The van der Waals surface area contributed by atoms with Gasteiger partial charge in [-0.05, 0) is 29.8 Å². The number of nitrogens with zero attached hydrogens (tertiary/aromatic N) is 2. The van der Waals surface area contributed by atoms with Crippen molar-refractivity contribution in [1.82, 2.24) is 4.90 Å². The average molecular weight is 427 g/mol. The Morgan fingerprint density at radius 1 is 1.20 bits per heavy atom. The maximum Gasteiger partial charge on any atom is 0.573 e. The van der Waals surface area contributed by atoms with Crippen molar-refractivity contribution >= 4 is 17.3 Å². The van der Waals surface area contributed by atoms with Gasteiger partial charge in [0.1, 0.15) is 11.4 Å². The molecule has 0 heterocycles. The molecule has 30 heavy (non-hydrogen) atoms. The van der Waals surface area contributed by atoms with Gasteiger partial charge in [-0.15, -0.1) is 13.2 Å². The fourth-order valence-electron chi connectivity index (χ4n) is 2.62. The lowest BCUT2D eigenvalue weighted by Gasteiger charge is -2.18. The number of benzene rings is 2. The van der Waals surface area contributed by atoms with E-state index in [0.717, 1.165) is 12.1 Å². The maximum atomic E-state index is 12.6. The fourth-order valence-corrected chi connectivity index (χ4v) is 2.62. The van der Waals surface area contributed by atoms with E-state index in [4.69, 9.17) is 4.74 Å². The molecule has 1 N–H and O–H groups in total. The Morgan fingerprint density at radius 2 is 1.87 bits per heavy atom. The van der Waals surface area contributed by atoms with Gasteiger partial charge in [0.25, 0.3) is 11.6 Å². The highest BCUT2D eigenvalue weighted by Gasteiger charge is 2.31. The molecule has 2 rings (SSSR count). The zero-order chi connectivity index (χ0) is 22.3. The molecule has 2 aromatic rings. The number of nitrogens with one attached hydrogen (secondary N) is 1. The number of hydrogen-bond acceptors (Lipinski definition) is 6. The van der Waals surface area contributed by atoms with Crippen LogP contribution >= 0.6 is 0 Å². The molecule has 8 nitrogen and oxygen atoms in total. The van der Waals surface area contributed by atoms with Crippen molar-refractivity contribution in [2.75, 3.05) is 32.6 Å². The van der Waals surface area contributed by atoms with Crippen molar-refractivity contribution in [2.24, 2.45) is 0 Å². The smallest absolute Gasteiger partial charge is 0.406 e. The standard InChI is InChI=1S/C19H20F3N3O5/c1-24(12-13-3-6-15(7-4-13)30-19(20,21)22)18(26)14-5-8-16(23-9-10-29-2)17(11-14)25(27)28/h3-8,11,23H,9-10,12H2,1-2H3. The van der Waals surface area contributed by atoms with E-state index in [-0.39, 0.29) is 29.2 Å². The van der Waals surface area contributed by atoms with Gasteiger partial charge in [-0.2, -0.15) is 0 Å². The van der Waals surface area contributed by atoms with Gasteiger partial charge in [0.15, 0.2) is 0 Å². The summed E-state index contributed by atoms with van der Waals surface area (Å²) in [5.41, 5.74) is 0.682. The van der Waals surface area contributed by atoms with Crippen LogP contribution in [0.1, 0.15) is 15.9 Å². The molecule has 0 aromatic heterocycles. The summed E-state index contributed by atoms with van der Waals surface area (Å²) in [5.74, 6) is -0.843. The fraction of sp³-hybridized carbons (Fsp3) is 0.316. The third-order valence-electron chi connectivity index (χ3n) is 3.99. The summed E-state index contributed by atoms with van der Waals surface area (Å²) in [5, 5.41) is 14.2. The number of rotatable bonds is 9. The van der Waals surface area contributed by atoms with E-state index in [2.05, 4.69) is 10.1 Å². The number of carbonyl (C=O) groups is 1. The number of hydrogen-bond donors (Lipinski definition) is 1. The van der Waals surface area contributed by atoms with Crippen molar-refractivity contribution < 1.29 is 32.4 Å². The molecule has 1 amide bonds. The Balaban J connectivity index is 2.09. The highest BCUT2D eigenvalue weighted by atomic mass is 19.4. The highest BCUT2D eigenvalue weighted by molar-refractivity contribution is 5.95. The number of nitro groups is 1. The quantitative estimate of drug-likeness (QED) is 0.371. The van der Waals surface area contributed by atoms with Crippen LogP contribution in [0.4, 0.5) is 24.5 Å². The number of ether oxygens (including phenoxy) is 2. The summed E-state index contributed by atoms with van der Waals surface area (Å²) in [7, 11) is 2.99. The van der Waals surface area contributed by atoms with Crippen LogP contribution in [-0.4, -0.2) is 49.4 Å². The normalized spacial score (nSPS) is 11.1. The van der Waals surface area contributed by atoms with Crippen LogP contribution in [0.3, 0.4) is 0 Å². The van der Waals surface area contributed by atoms with E-state index in [9.17, 15) is 28.1 Å². The second-order valence-corrected chi connectivity index (χ2v) is 6.26. The van der Waals surface area contributed by atoms with E-state index in [0.29, 0.717) is 18.7 Å². The van der Waals surface area contributed by atoms with Crippen LogP contribution in [0.25, 0.3) is 0 Å². The predicted octanol–water partition coefficient (Wildman–Crippen LogP) is 3.82. The Hall–Kier alpha value is -3.34. The van der Waals surface area contributed by atoms with Gasteiger partial charge >= 0.3 is 6.36 Å². The Labute approximate surface area is 170 Å². The minimum Gasteiger partial charge on any atom is -0.406 e. The second-order valence-electron chi connectivity index (χ2n) is 6.26. The Morgan fingerprint density at radius 3 is 2.43 bits per heavy atom. The molecule has 11 heteroatoms. The molecule has 0 aliphatic rings. The number of halogens is 3. The van der Waals surface area contributed by atoms with Crippen molar-refractivity contribution in [2.45, 2.75) is 12.9 Å². The zero-order valence-electron chi connectivity index (χ0n) is 16.2. The molecule has 0 spiro atoms. The monoisotopic (exact) mass is 427 g/mol. The van der Waals surface area contributed by atoms with E-state index in [1.54, 1.807) is 0 Å². The topological polar surface area (TPSA) is 93.9 Å². The first-order chi connectivity index (χ1) is 14.1. The van der Waals surface area contributed by atoms with Crippen LogP contribution in [0.15, 0.2) is 42.5 Å². The van der Waals surface area contributed by atoms with Gasteiger partial charge < -0.3 is 19.7 Å². The molecule has 2 aromatic carbocycles. The summed E-state index contributed by atoms with van der Waals surface area (Å²) in [6.45, 7) is 0.804. The Bertz CT molecular complexity index is 888. The van der Waals surface area contributed by atoms with Gasteiger partial charge in [-0.25, -0.2) is 0 Å². The van der Waals surface area contributed by atoms with Crippen LogP contribution in [0, 0.1) is 10.1 Å². The van der Waals surface area contributed by atoms with Crippen molar-refractivity contribution in [3.05, 3.63) is 63.7 Å². The van der Waals surface area contributed by atoms with Crippen molar-refractivity contribution in [1.29, 1.82) is 0 Å². The van der Waals surface area contributed by atoms with Gasteiger partial charge in [0.2, 0.25) is 0 Å². The minimum atomic E-state index is -4.78. The van der Waals surface area contributed by atoms with E-state index < -0.39 is 17.2 Å². The molecule has 0 bridgehead atoms. The van der Waals surface area contributed by atoms with Crippen LogP contribution in [0.2, 0.25) is 0 Å². The molecule has 0 aliphatic carbocycles. The minimum absolute atomic E-state index is 0.0900. The molecule has 0 unspecified atom stereocenters. The van der Waals surface area contributed by atoms with Crippen molar-refractivity contribution in [3.8, 4) is 5.75 Å². The molecule has 0 atom stereocenters. The van der Waals surface area contributed by atoms with Crippen LogP contribution < -0.4 is 10.1 Å². The molecule has 0 aliphatic heterocycles. The first-order valence-electron chi connectivity index (χ1n) is 8.72. The van der Waals surface area contributed by atoms with Gasteiger partial charge in [0, 0.05) is 38.9 Å². The number of amides is 1. The highest BCUT2D eigenvalue weighted by Crippen LogP contribution is 2.27. The summed E-state index contributed by atoms with van der Waals surface area (Å²) < 4.78 is 45.3. The summed E-state index contributed by atoms with van der Waals surface area (Å²) in [6, 6.07) is 9.17. The van der Waals surface area contributed by atoms with Crippen LogP contribution in [0.5, 0.6) is 5.75 Å². The van der Waals surface area contributed by atoms with Crippen molar-refractivity contribution in [3.63, 3.8) is 0 Å². The van der Waals surface area contributed by atoms with Gasteiger partial charge in [-0.1, -0.05) is 12.1 Å². The second kappa shape index (κ2) is 9.92. The van der Waals surface area contributed by atoms with E-state index in [1.807, 2.05) is 0 Å². The van der Waals surface area contributed by atoms with E-state index >= 15 is 0 Å². The SMILES string of the molecule is COCCNc1ccc(C(=O)N(C)Cc2ccc(OC(F)(F)F)cc2)cc1[N+](=O)[O-]. The molecule has 0 radical (unpaired) electrons. The zero-order valence-corrected chi connectivity index (χ0v) is 16.2. The molecular weight excluding hydrogens is 407 g/mol. The van der Waals surface area contributed by atoms with Crippen LogP contribution in [-0.2, 0) is 11.3 Å². The number of alkyl halides is 3. The number of anilines is 1. The van der Waals surface area contributed by atoms with E-state index in [1.165, 1.54) is 49.4 Å². The third kappa shape index (κ3) is 6.62. The number of nitro benzene ring substituents is 1. The summed E-state index contributed by atoms with van der Waals surface area (Å²) in [4.78, 5) is 24.7. The molecule has 0 fully saturated rings. The Kier molecular flexibility index (Phi) is 7.59. The summed E-state index contributed by atoms with van der Waals surface area (Å²) >= 11 is 0. The average Bonchev–Trinajstić information content (AvgIpc) is 2.68. The van der Waals surface area contributed by atoms with Gasteiger partial charge in [-0.3, -0.25) is 14.9 Å². The largest absolute Gasteiger partial charge is 0.573 e. The molecule has 0 saturated carbocycles. The lowest BCUT2D eigenvalue weighted by molar-refractivity contribution is -0.384. The summed E-state index contributed by atoms with van der Waals surface area (Å²) in [6.07, 6.45) is -4.78. The molecule has 0 saturated heterocycles. The third-order valence-corrected chi connectivity index (χ3v) is 3.99.